The molecule has 0 saturated carbocycles. The molecule has 2 aromatic rings. The third kappa shape index (κ3) is 6.41. The maximum atomic E-state index is 12.0. The molecule has 2 rings (SSSR count). The highest BCUT2D eigenvalue weighted by Gasteiger charge is 2.06. The monoisotopic (exact) mass is 374 g/mol. The quantitative estimate of drug-likeness (QED) is 0.731. The number of rotatable bonds is 8. The number of amides is 2. The first-order valence-corrected chi connectivity index (χ1v) is 8.90. The highest BCUT2D eigenvalue weighted by atomic mass is 35.5. The van der Waals surface area contributed by atoms with Gasteiger partial charge in [-0.25, -0.2) is 0 Å². The van der Waals surface area contributed by atoms with Gasteiger partial charge in [-0.1, -0.05) is 30.7 Å². The van der Waals surface area contributed by atoms with Crippen molar-refractivity contribution in [2.45, 2.75) is 33.2 Å². The van der Waals surface area contributed by atoms with Gasteiger partial charge in [0.05, 0.1) is 0 Å². The van der Waals surface area contributed by atoms with Crippen LogP contribution in [0.5, 0.6) is 5.75 Å². The minimum atomic E-state index is -0.224. The van der Waals surface area contributed by atoms with Gasteiger partial charge in [0.25, 0.3) is 5.91 Å². The number of anilines is 1. The molecule has 0 bridgehead atoms. The Morgan fingerprint density at radius 3 is 2.65 bits per heavy atom. The van der Waals surface area contributed by atoms with E-state index in [-0.39, 0.29) is 18.4 Å². The summed E-state index contributed by atoms with van der Waals surface area (Å²) >= 11 is 5.96. The molecule has 0 radical (unpaired) electrons. The Morgan fingerprint density at radius 1 is 1.12 bits per heavy atom. The third-order valence-corrected chi connectivity index (χ3v) is 4.10. The van der Waals surface area contributed by atoms with Crippen LogP contribution < -0.4 is 15.4 Å². The standard InChI is InChI=1S/C20H23ClN2O3/c1-3-5-19(24)23-16-7-4-6-15(11-16)12-22-20(25)13-26-17-8-9-18(21)14(2)10-17/h4,6-11H,3,5,12-13H2,1-2H3,(H,22,25)(H,23,24). The fourth-order valence-corrected chi connectivity index (χ4v) is 2.43. The van der Waals surface area contributed by atoms with Gasteiger partial charge in [-0.3, -0.25) is 9.59 Å². The molecule has 5 nitrogen and oxygen atoms in total. The number of hydrogen-bond acceptors (Lipinski definition) is 3. The van der Waals surface area contributed by atoms with Gasteiger partial charge >= 0.3 is 0 Å². The normalized spacial score (nSPS) is 10.3. The molecule has 0 aliphatic heterocycles. The number of carbonyl (C=O) groups is 2. The SMILES string of the molecule is CCCC(=O)Nc1cccc(CNC(=O)COc2ccc(Cl)c(C)c2)c1. The maximum absolute atomic E-state index is 12.0. The van der Waals surface area contributed by atoms with Gasteiger partial charge in [0.15, 0.2) is 6.61 Å². The molecule has 0 aliphatic rings. The Bertz CT molecular complexity index is 777. The fraction of sp³-hybridized carbons (Fsp3) is 0.300. The van der Waals surface area contributed by atoms with Gasteiger partial charge in [-0.2, -0.15) is 0 Å². The molecular formula is C20H23ClN2O3. The van der Waals surface area contributed by atoms with Crippen molar-refractivity contribution in [2.75, 3.05) is 11.9 Å². The Hall–Kier alpha value is -2.53. The van der Waals surface area contributed by atoms with Crippen molar-refractivity contribution in [2.24, 2.45) is 0 Å². The third-order valence-electron chi connectivity index (χ3n) is 3.68. The van der Waals surface area contributed by atoms with Crippen molar-refractivity contribution >= 4 is 29.1 Å². The van der Waals surface area contributed by atoms with Crippen LogP contribution >= 0.6 is 11.6 Å². The van der Waals surface area contributed by atoms with Crippen molar-refractivity contribution in [3.8, 4) is 5.75 Å². The lowest BCUT2D eigenvalue weighted by Crippen LogP contribution is -2.28. The van der Waals surface area contributed by atoms with Gasteiger partial charge in [-0.15, -0.1) is 0 Å². The van der Waals surface area contributed by atoms with Crippen molar-refractivity contribution in [3.05, 3.63) is 58.6 Å². The number of halogens is 1. The van der Waals surface area contributed by atoms with Gasteiger partial charge in [-0.05, 0) is 54.8 Å². The van der Waals surface area contributed by atoms with Crippen LogP contribution in [0.3, 0.4) is 0 Å². The predicted molar refractivity (Wildman–Crippen MR) is 104 cm³/mol. The lowest BCUT2D eigenvalue weighted by atomic mass is 10.2. The minimum Gasteiger partial charge on any atom is -0.484 e. The summed E-state index contributed by atoms with van der Waals surface area (Å²) < 4.78 is 5.47. The average Bonchev–Trinajstić information content (AvgIpc) is 2.61. The highest BCUT2D eigenvalue weighted by molar-refractivity contribution is 6.31. The largest absolute Gasteiger partial charge is 0.484 e. The molecule has 0 aromatic heterocycles. The van der Waals surface area contributed by atoms with Crippen LogP contribution in [0, 0.1) is 6.92 Å². The lowest BCUT2D eigenvalue weighted by molar-refractivity contribution is -0.123. The zero-order valence-corrected chi connectivity index (χ0v) is 15.7. The molecular weight excluding hydrogens is 352 g/mol. The van der Waals surface area contributed by atoms with Crippen LogP contribution in [0.15, 0.2) is 42.5 Å². The van der Waals surface area contributed by atoms with Gasteiger partial charge in [0, 0.05) is 23.7 Å². The summed E-state index contributed by atoms with van der Waals surface area (Å²) in [6.07, 6.45) is 1.29. The van der Waals surface area contributed by atoms with Crippen LogP contribution in [-0.2, 0) is 16.1 Å². The van der Waals surface area contributed by atoms with Crippen LogP contribution in [-0.4, -0.2) is 18.4 Å². The number of aryl methyl sites for hydroxylation is 1. The maximum Gasteiger partial charge on any atom is 0.258 e. The molecule has 0 heterocycles. The minimum absolute atomic E-state index is 0.0136. The summed E-state index contributed by atoms with van der Waals surface area (Å²) in [5.74, 6) is 0.362. The zero-order chi connectivity index (χ0) is 18.9. The van der Waals surface area contributed by atoms with Crippen molar-refractivity contribution in [3.63, 3.8) is 0 Å². The molecule has 138 valence electrons. The summed E-state index contributed by atoms with van der Waals surface area (Å²) in [5, 5.41) is 6.30. The van der Waals surface area contributed by atoms with E-state index in [1.807, 2.05) is 38.1 Å². The molecule has 2 amide bonds. The van der Waals surface area contributed by atoms with Gasteiger partial charge < -0.3 is 15.4 Å². The van der Waals surface area contributed by atoms with Crippen molar-refractivity contribution in [1.29, 1.82) is 0 Å². The van der Waals surface area contributed by atoms with Gasteiger partial charge in [0.2, 0.25) is 5.91 Å². The smallest absolute Gasteiger partial charge is 0.258 e. The Morgan fingerprint density at radius 2 is 1.92 bits per heavy atom. The number of carbonyl (C=O) groups excluding carboxylic acids is 2. The van der Waals surface area contributed by atoms with E-state index >= 15 is 0 Å². The van der Waals surface area contributed by atoms with E-state index in [0.717, 1.165) is 23.2 Å². The second-order valence-electron chi connectivity index (χ2n) is 5.97. The van der Waals surface area contributed by atoms with E-state index in [1.54, 1.807) is 18.2 Å². The van der Waals surface area contributed by atoms with Gasteiger partial charge in [0.1, 0.15) is 5.75 Å². The molecule has 6 heteroatoms. The second-order valence-corrected chi connectivity index (χ2v) is 6.38. The number of ether oxygens (including phenoxy) is 1. The first-order valence-electron chi connectivity index (χ1n) is 8.52. The van der Waals surface area contributed by atoms with E-state index in [0.29, 0.717) is 23.7 Å². The van der Waals surface area contributed by atoms with E-state index < -0.39 is 0 Å². The van der Waals surface area contributed by atoms with Crippen LogP contribution in [0.2, 0.25) is 5.02 Å². The number of hydrogen-bond donors (Lipinski definition) is 2. The molecule has 0 fully saturated rings. The summed E-state index contributed by atoms with van der Waals surface area (Å²) in [6, 6.07) is 12.7. The van der Waals surface area contributed by atoms with E-state index in [4.69, 9.17) is 16.3 Å². The lowest BCUT2D eigenvalue weighted by Gasteiger charge is -2.10. The summed E-state index contributed by atoms with van der Waals surface area (Å²) in [7, 11) is 0. The topological polar surface area (TPSA) is 67.4 Å². The molecule has 0 unspecified atom stereocenters. The average molecular weight is 375 g/mol. The number of benzene rings is 2. The first kappa shape index (κ1) is 19.8. The molecule has 2 aromatic carbocycles. The molecule has 0 spiro atoms. The molecule has 2 N–H and O–H groups in total. The zero-order valence-electron chi connectivity index (χ0n) is 15.0. The molecule has 0 atom stereocenters. The Balaban J connectivity index is 1.81. The van der Waals surface area contributed by atoms with Crippen LogP contribution in [0.25, 0.3) is 0 Å². The van der Waals surface area contributed by atoms with Crippen LogP contribution in [0.1, 0.15) is 30.9 Å². The highest BCUT2D eigenvalue weighted by Crippen LogP contribution is 2.20. The summed E-state index contributed by atoms with van der Waals surface area (Å²) in [5.41, 5.74) is 2.52. The van der Waals surface area contributed by atoms with Crippen LogP contribution in [0.4, 0.5) is 5.69 Å². The molecule has 0 aliphatic carbocycles. The van der Waals surface area contributed by atoms with E-state index in [2.05, 4.69) is 10.6 Å². The van der Waals surface area contributed by atoms with Crippen molar-refractivity contribution < 1.29 is 14.3 Å². The Kier molecular flexibility index (Phi) is 7.48. The Labute approximate surface area is 158 Å². The summed E-state index contributed by atoms with van der Waals surface area (Å²) in [4.78, 5) is 23.6. The first-order chi connectivity index (χ1) is 12.5. The van der Waals surface area contributed by atoms with E-state index in [9.17, 15) is 9.59 Å². The van der Waals surface area contributed by atoms with E-state index in [1.165, 1.54) is 0 Å². The molecule has 26 heavy (non-hydrogen) atoms. The predicted octanol–water partition coefficient (Wildman–Crippen LogP) is 4.08. The number of nitrogens with one attached hydrogen (secondary N) is 2. The second kappa shape index (κ2) is 9.82. The molecule has 0 saturated heterocycles. The van der Waals surface area contributed by atoms with Crippen molar-refractivity contribution in [1.82, 2.24) is 5.32 Å². The summed E-state index contributed by atoms with van der Waals surface area (Å²) in [6.45, 7) is 4.12. The fourth-order valence-electron chi connectivity index (χ4n) is 2.32.